The average molecular weight is 368 g/mol. The number of H-pyrrole nitrogens is 1. The molecule has 0 unspecified atom stereocenters. The number of methoxy groups -OCH3 is 1. The normalized spacial score (nSPS) is 11.0. The van der Waals surface area contributed by atoms with Crippen LogP contribution in [0.15, 0.2) is 24.3 Å². The van der Waals surface area contributed by atoms with Gasteiger partial charge in [-0.3, -0.25) is 4.79 Å². The van der Waals surface area contributed by atoms with Crippen molar-refractivity contribution >= 4 is 22.9 Å². The van der Waals surface area contributed by atoms with Gasteiger partial charge in [0.25, 0.3) is 5.91 Å². The van der Waals surface area contributed by atoms with Crippen molar-refractivity contribution in [2.75, 3.05) is 13.7 Å². The van der Waals surface area contributed by atoms with E-state index >= 15 is 0 Å². The highest BCUT2D eigenvalue weighted by Gasteiger charge is 2.22. The zero-order valence-corrected chi connectivity index (χ0v) is 16.0. The molecule has 0 aliphatic heterocycles. The molecule has 1 amide bonds. The van der Waals surface area contributed by atoms with E-state index < -0.39 is 5.97 Å². The van der Waals surface area contributed by atoms with Crippen LogP contribution >= 0.6 is 0 Å². The van der Waals surface area contributed by atoms with Crippen LogP contribution < -0.4 is 5.32 Å². The number of para-hydroxylation sites is 2. The van der Waals surface area contributed by atoms with Crippen LogP contribution in [0.5, 0.6) is 0 Å². The summed E-state index contributed by atoms with van der Waals surface area (Å²) in [5, 5.41) is 2.91. The second-order valence-corrected chi connectivity index (χ2v) is 6.53. The Labute approximate surface area is 157 Å². The van der Waals surface area contributed by atoms with Crippen molar-refractivity contribution in [2.45, 2.75) is 33.7 Å². The predicted molar refractivity (Wildman–Crippen MR) is 103 cm³/mol. The number of ether oxygens (including phenoxy) is 1. The average Bonchev–Trinajstić information content (AvgIpc) is 3.13. The second-order valence-electron chi connectivity index (χ2n) is 6.53. The fourth-order valence-electron chi connectivity index (χ4n) is 3.39. The number of carbonyl (C=O) groups is 2. The van der Waals surface area contributed by atoms with Crippen molar-refractivity contribution in [3.63, 3.8) is 0 Å². The number of hydrogen-bond donors (Lipinski definition) is 2. The van der Waals surface area contributed by atoms with Crippen molar-refractivity contribution in [3.8, 4) is 0 Å². The Morgan fingerprint density at radius 2 is 1.96 bits per heavy atom. The van der Waals surface area contributed by atoms with Gasteiger partial charge in [-0.15, -0.1) is 0 Å². The number of hydrogen-bond acceptors (Lipinski definition) is 4. The quantitative estimate of drug-likeness (QED) is 0.517. The minimum atomic E-state index is -0.442. The molecule has 0 aliphatic carbocycles. The summed E-state index contributed by atoms with van der Waals surface area (Å²) in [4.78, 5) is 31.8. The number of aromatic amines is 1. The Morgan fingerprint density at radius 1 is 1.22 bits per heavy atom. The maximum atomic E-state index is 12.5. The van der Waals surface area contributed by atoms with Crippen molar-refractivity contribution in [2.24, 2.45) is 0 Å². The first-order valence-corrected chi connectivity index (χ1v) is 8.91. The molecular weight excluding hydrogens is 344 g/mol. The van der Waals surface area contributed by atoms with Gasteiger partial charge in [0, 0.05) is 18.8 Å². The molecule has 0 radical (unpaired) electrons. The molecule has 7 heteroatoms. The van der Waals surface area contributed by atoms with Gasteiger partial charge in [-0.05, 0) is 44.9 Å². The van der Waals surface area contributed by atoms with E-state index in [9.17, 15) is 9.59 Å². The molecule has 27 heavy (non-hydrogen) atoms. The van der Waals surface area contributed by atoms with Crippen molar-refractivity contribution in [1.29, 1.82) is 0 Å². The maximum absolute atomic E-state index is 12.5. The first-order valence-electron chi connectivity index (χ1n) is 8.91. The standard InChI is InChI=1S/C20H24N4O3/c1-12-17(20(26)27-4)13(2)22-18(12)19(25)21-10-7-11-24-14(3)23-15-8-5-6-9-16(15)24/h5-6,8-9,22H,7,10-11H2,1-4H3,(H,21,25). The first kappa shape index (κ1) is 18.7. The number of esters is 1. The number of fused-ring (bicyclic) bond motifs is 1. The van der Waals surface area contributed by atoms with E-state index in [-0.39, 0.29) is 5.91 Å². The van der Waals surface area contributed by atoms with Gasteiger partial charge in [-0.1, -0.05) is 12.1 Å². The van der Waals surface area contributed by atoms with E-state index in [1.54, 1.807) is 13.8 Å². The smallest absolute Gasteiger partial charge is 0.339 e. The minimum Gasteiger partial charge on any atom is -0.465 e. The fraction of sp³-hybridized carbons (Fsp3) is 0.350. The first-order chi connectivity index (χ1) is 12.9. The molecule has 2 heterocycles. The van der Waals surface area contributed by atoms with Crippen LogP contribution in [0.1, 0.15) is 44.3 Å². The summed E-state index contributed by atoms with van der Waals surface area (Å²) in [7, 11) is 1.33. The molecular formula is C20H24N4O3. The van der Waals surface area contributed by atoms with Crippen LogP contribution in [0.2, 0.25) is 0 Å². The van der Waals surface area contributed by atoms with Gasteiger partial charge < -0.3 is 19.6 Å². The van der Waals surface area contributed by atoms with Gasteiger partial charge in [0.1, 0.15) is 11.5 Å². The summed E-state index contributed by atoms with van der Waals surface area (Å²) >= 11 is 0. The number of amides is 1. The Bertz CT molecular complexity index is 1000. The predicted octanol–water partition coefficient (Wildman–Crippen LogP) is 2.90. The van der Waals surface area contributed by atoms with E-state index in [1.807, 2.05) is 31.2 Å². The third-order valence-electron chi connectivity index (χ3n) is 4.74. The van der Waals surface area contributed by atoms with E-state index in [0.717, 1.165) is 29.8 Å². The van der Waals surface area contributed by atoms with Crippen molar-refractivity contribution in [1.82, 2.24) is 19.9 Å². The molecule has 3 aromatic rings. The Kier molecular flexibility index (Phi) is 5.30. The molecule has 142 valence electrons. The summed E-state index contributed by atoms with van der Waals surface area (Å²) in [6.07, 6.45) is 0.773. The molecule has 0 saturated heterocycles. The molecule has 0 aliphatic rings. The zero-order valence-electron chi connectivity index (χ0n) is 16.0. The van der Waals surface area contributed by atoms with E-state index in [1.165, 1.54) is 7.11 Å². The molecule has 0 fully saturated rings. The largest absolute Gasteiger partial charge is 0.465 e. The number of nitrogens with zero attached hydrogens (tertiary/aromatic N) is 2. The summed E-state index contributed by atoms with van der Waals surface area (Å²) < 4.78 is 6.93. The van der Waals surface area contributed by atoms with Gasteiger partial charge >= 0.3 is 5.97 Å². The molecule has 0 atom stereocenters. The molecule has 0 bridgehead atoms. The van der Waals surface area contributed by atoms with Crippen LogP contribution in [0.4, 0.5) is 0 Å². The monoisotopic (exact) mass is 368 g/mol. The fourth-order valence-corrected chi connectivity index (χ4v) is 3.39. The highest BCUT2D eigenvalue weighted by Crippen LogP contribution is 2.19. The summed E-state index contributed by atoms with van der Waals surface area (Å²) in [6, 6.07) is 8.02. The van der Waals surface area contributed by atoms with Gasteiger partial charge in [-0.25, -0.2) is 9.78 Å². The third kappa shape index (κ3) is 3.58. The lowest BCUT2D eigenvalue weighted by Gasteiger charge is -2.08. The minimum absolute atomic E-state index is 0.224. The SMILES string of the molecule is COC(=O)c1c(C)[nH]c(C(=O)NCCCn2c(C)nc3ccccc32)c1C. The lowest BCUT2D eigenvalue weighted by atomic mass is 10.1. The molecule has 0 spiro atoms. The Balaban J connectivity index is 1.62. The van der Waals surface area contributed by atoms with Gasteiger partial charge in [-0.2, -0.15) is 0 Å². The maximum Gasteiger partial charge on any atom is 0.339 e. The number of aromatic nitrogens is 3. The van der Waals surface area contributed by atoms with Gasteiger partial charge in [0.15, 0.2) is 0 Å². The van der Waals surface area contributed by atoms with Gasteiger partial charge in [0.2, 0.25) is 0 Å². The number of aryl methyl sites for hydroxylation is 3. The van der Waals surface area contributed by atoms with Gasteiger partial charge in [0.05, 0.1) is 23.7 Å². The van der Waals surface area contributed by atoms with Crippen LogP contribution in [-0.4, -0.2) is 40.1 Å². The number of rotatable bonds is 6. The zero-order chi connectivity index (χ0) is 19.6. The highest BCUT2D eigenvalue weighted by molar-refractivity contribution is 6.00. The molecule has 3 rings (SSSR count). The summed E-state index contributed by atoms with van der Waals surface area (Å²) in [5.41, 5.74) is 4.13. The van der Waals surface area contributed by atoms with Crippen molar-refractivity contribution < 1.29 is 14.3 Å². The van der Waals surface area contributed by atoms with E-state index in [0.29, 0.717) is 29.1 Å². The molecule has 2 N–H and O–H groups in total. The number of nitrogens with one attached hydrogen (secondary N) is 2. The Hall–Kier alpha value is -3.09. The molecule has 7 nitrogen and oxygen atoms in total. The molecule has 2 aromatic heterocycles. The van der Waals surface area contributed by atoms with Crippen molar-refractivity contribution in [3.05, 3.63) is 52.6 Å². The Morgan fingerprint density at radius 3 is 2.70 bits per heavy atom. The van der Waals surface area contributed by atoms with E-state index in [2.05, 4.69) is 19.9 Å². The lowest BCUT2D eigenvalue weighted by molar-refractivity contribution is 0.0599. The van der Waals surface area contributed by atoms with Crippen LogP contribution in [0.3, 0.4) is 0 Å². The lowest BCUT2D eigenvalue weighted by Crippen LogP contribution is -2.26. The topological polar surface area (TPSA) is 89.0 Å². The summed E-state index contributed by atoms with van der Waals surface area (Å²) in [6.45, 7) is 6.77. The number of benzene rings is 1. The number of imidazole rings is 1. The second kappa shape index (κ2) is 7.65. The molecule has 0 saturated carbocycles. The van der Waals surface area contributed by atoms with Crippen LogP contribution in [-0.2, 0) is 11.3 Å². The highest BCUT2D eigenvalue weighted by atomic mass is 16.5. The molecule has 1 aromatic carbocycles. The summed E-state index contributed by atoms with van der Waals surface area (Å²) in [5.74, 6) is 0.293. The van der Waals surface area contributed by atoms with Crippen LogP contribution in [0.25, 0.3) is 11.0 Å². The van der Waals surface area contributed by atoms with E-state index in [4.69, 9.17) is 4.74 Å². The van der Waals surface area contributed by atoms with Crippen LogP contribution in [0, 0.1) is 20.8 Å². The third-order valence-corrected chi connectivity index (χ3v) is 4.74. The number of carbonyl (C=O) groups excluding carboxylic acids is 2.